The third-order valence-electron chi connectivity index (χ3n) is 2.57. The van der Waals surface area contributed by atoms with E-state index >= 15 is 0 Å². The zero-order valence-electron chi connectivity index (χ0n) is 10.2. The Hall–Kier alpha value is -2.70. The number of carbonyl (C=O) groups excluding carboxylic acids is 1. The van der Waals surface area contributed by atoms with Crippen LogP contribution in [0.15, 0.2) is 33.5 Å². The first-order valence-corrected chi connectivity index (χ1v) is 5.71. The molecule has 0 aliphatic carbocycles. The van der Waals surface area contributed by atoms with E-state index in [4.69, 9.17) is 9.52 Å². The predicted molar refractivity (Wildman–Crippen MR) is 67.0 cm³/mol. The van der Waals surface area contributed by atoms with E-state index in [9.17, 15) is 18.8 Å². The minimum Gasteiger partial charge on any atom is -0.481 e. The molecular weight excluding hydrogens is 269 g/mol. The van der Waals surface area contributed by atoms with Gasteiger partial charge in [-0.25, -0.2) is 9.18 Å². The van der Waals surface area contributed by atoms with Crippen molar-refractivity contribution in [3.63, 3.8) is 0 Å². The van der Waals surface area contributed by atoms with Crippen LogP contribution in [-0.4, -0.2) is 23.5 Å². The molecule has 1 heterocycles. The fraction of sp³-hybridized carbons (Fsp3) is 0.154. The maximum atomic E-state index is 13.0. The monoisotopic (exact) mass is 279 g/mol. The zero-order chi connectivity index (χ0) is 14.7. The second-order valence-electron chi connectivity index (χ2n) is 4.03. The highest BCUT2D eigenvalue weighted by molar-refractivity contribution is 5.96. The summed E-state index contributed by atoms with van der Waals surface area (Å²) < 4.78 is 17.8. The molecule has 0 bridgehead atoms. The number of benzene rings is 1. The summed E-state index contributed by atoms with van der Waals surface area (Å²) in [5.41, 5.74) is -1.12. The smallest absolute Gasteiger partial charge is 0.349 e. The largest absolute Gasteiger partial charge is 0.481 e. The zero-order valence-corrected chi connectivity index (χ0v) is 10.2. The molecule has 20 heavy (non-hydrogen) atoms. The summed E-state index contributed by atoms with van der Waals surface area (Å²) in [6, 6.07) is 4.87. The van der Waals surface area contributed by atoms with E-state index in [2.05, 4.69) is 5.32 Å². The number of nitrogens with one attached hydrogen (secondary N) is 1. The van der Waals surface area contributed by atoms with Crippen LogP contribution in [-0.2, 0) is 4.79 Å². The summed E-state index contributed by atoms with van der Waals surface area (Å²) in [4.78, 5) is 33.7. The number of carboxylic acid groups (broad SMARTS) is 1. The molecular formula is C13H10FNO5. The molecule has 2 N–H and O–H groups in total. The Kier molecular flexibility index (Phi) is 3.79. The number of rotatable bonds is 4. The number of hydrogen-bond donors (Lipinski definition) is 2. The molecule has 2 rings (SSSR count). The molecule has 1 amide bonds. The Balaban J connectivity index is 2.28. The Morgan fingerprint density at radius 3 is 2.75 bits per heavy atom. The first-order chi connectivity index (χ1) is 9.47. The molecule has 0 saturated heterocycles. The average molecular weight is 279 g/mol. The standard InChI is InChI=1S/C13H10FNO5/c14-8-2-1-7-5-9(13(19)20-10(7)6-8)12(18)15-4-3-11(16)17/h1-2,5-6H,3-4H2,(H,15,18)(H,16,17). The van der Waals surface area contributed by atoms with Gasteiger partial charge in [-0.3, -0.25) is 9.59 Å². The lowest BCUT2D eigenvalue weighted by atomic mass is 10.1. The molecule has 1 aromatic heterocycles. The van der Waals surface area contributed by atoms with Crippen LogP contribution >= 0.6 is 0 Å². The maximum Gasteiger partial charge on any atom is 0.349 e. The summed E-state index contributed by atoms with van der Waals surface area (Å²) in [5, 5.41) is 11.1. The lowest BCUT2D eigenvalue weighted by Crippen LogP contribution is -2.30. The van der Waals surface area contributed by atoms with Crippen LogP contribution in [0.25, 0.3) is 11.0 Å². The van der Waals surface area contributed by atoms with E-state index in [1.165, 1.54) is 18.2 Å². The van der Waals surface area contributed by atoms with Gasteiger partial charge in [0.15, 0.2) is 0 Å². The third kappa shape index (κ3) is 3.00. The van der Waals surface area contributed by atoms with E-state index in [0.717, 1.165) is 6.07 Å². The van der Waals surface area contributed by atoms with E-state index in [-0.39, 0.29) is 24.1 Å². The second-order valence-corrected chi connectivity index (χ2v) is 4.03. The van der Waals surface area contributed by atoms with Gasteiger partial charge in [0, 0.05) is 18.0 Å². The minimum atomic E-state index is -1.06. The van der Waals surface area contributed by atoms with Gasteiger partial charge in [0.1, 0.15) is 17.0 Å². The fourth-order valence-corrected chi connectivity index (χ4v) is 1.62. The van der Waals surface area contributed by atoms with Gasteiger partial charge in [0.05, 0.1) is 6.42 Å². The van der Waals surface area contributed by atoms with Gasteiger partial charge in [-0.1, -0.05) is 0 Å². The van der Waals surface area contributed by atoms with Crippen LogP contribution in [0, 0.1) is 5.82 Å². The number of halogens is 1. The molecule has 0 spiro atoms. The predicted octanol–water partition coefficient (Wildman–Crippen LogP) is 1.14. The first kappa shape index (κ1) is 13.7. The summed E-state index contributed by atoms with van der Waals surface area (Å²) in [7, 11) is 0. The van der Waals surface area contributed by atoms with Crippen molar-refractivity contribution >= 4 is 22.8 Å². The minimum absolute atomic E-state index is 0.0390. The molecule has 0 unspecified atom stereocenters. The summed E-state index contributed by atoms with van der Waals surface area (Å²) in [6.07, 6.45) is -0.254. The Morgan fingerprint density at radius 1 is 1.30 bits per heavy atom. The van der Waals surface area contributed by atoms with E-state index in [0.29, 0.717) is 5.39 Å². The van der Waals surface area contributed by atoms with Crippen LogP contribution in [0.3, 0.4) is 0 Å². The summed E-state index contributed by atoms with van der Waals surface area (Å²) in [5.74, 6) is -2.35. The molecule has 0 saturated carbocycles. The highest BCUT2D eigenvalue weighted by Gasteiger charge is 2.14. The molecule has 0 atom stereocenters. The molecule has 7 heteroatoms. The van der Waals surface area contributed by atoms with Crippen molar-refractivity contribution < 1.29 is 23.5 Å². The number of carboxylic acids is 1. The van der Waals surface area contributed by atoms with Crippen LogP contribution in [0.5, 0.6) is 0 Å². The Morgan fingerprint density at radius 2 is 2.05 bits per heavy atom. The fourth-order valence-electron chi connectivity index (χ4n) is 1.62. The van der Waals surface area contributed by atoms with E-state index in [1.54, 1.807) is 0 Å². The molecule has 2 aromatic rings. The van der Waals surface area contributed by atoms with Crippen LogP contribution in [0.1, 0.15) is 16.8 Å². The number of fused-ring (bicyclic) bond motifs is 1. The number of aliphatic carboxylic acids is 1. The van der Waals surface area contributed by atoms with Crippen LogP contribution in [0.4, 0.5) is 4.39 Å². The molecule has 104 valence electrons. The van der Waals surface area contributed by atoms with Gasteiger partial charge in [0.25, 0.3) is 5.91 Å². The highest BCUT2D eigenvalue weighted by atomic mass is 19.1. The van der Waals surface area contributed by atoms with Crippen LogP contribution < -0.4 is 10.9 Å². The molecule has 0 fully saturated rings. The average Bonchev–Trinajstić information content (AvgIpc) is 2.37. The molecule has 0 aliphatic heterocycles. The molecule has 6 nitrogen and oxygen atoms in total. The quantitative estimate of drug-likeness (QED) is 0.818. The lowest BCUT2D eigenvalue weighted by Gasteiger charge is -2.03. The van der Waals surface area contributed by atoms with Gasteiger partial charge >= 0.3 is 11.6 Å². The van der Waals surface area contributed by atoms with Crippen molar-refractivity contribution in [2.24, 2.45) is 0 Å². The van der Waals surface area contributed by atoms with Crippen molar-refractivity contribution in [2.75, 3.05) is 6.54 Å². The highest BCUT2D eigenvalue weighted by Crippen LogP contribution is 2.14. The van der Waals surface area contributed by atoms with Crippen molar-refractivity contribution in [2.45, 2.75) is 6.42 Å². The maximum absolute atomic E-state index is 13.0. The molecule has 0 radical (unpaired) electrons. The Labute approximate surface area is 111 Å². The Bertz CT molecular complexity index is 737. The van der Waals surface area contributed by atoms with Gasteiger partial charge in [0.2, 0.25) is 0 Å². The van der Waals surface area contributed by atoms with Gasteiger partial charge in [-0.2, -0.15) is 0 Å². The van der Waals surface area contributed by atoms with Gasteiger partial charge in [-0.05, 0) is 18.2 Å². The van der Waals surface area contributed by atoms with Crippen molar-refractivity contribution in [1.29, 1.82) is 0 Å². The molecule has 0 aliphatic rings. The van der Waals surface area contributed by atoms with Crippen molar-refractivity contribution in [3.05, 3.63) is 46.1 Å². The summed E-state index contributed by atoms with van der Waals surface area (Å²) >= 11 is 0. The lowest BCUT2D eigenvalue weighted by molar-refractivity contribution is -0.136. The SMILES string of the molecule is O=C(O)CCNC(=O)c1cc2ccc(F)cc2oc1=O. The van der Waals surface area contributed by atoms with Crippen molar-refractivity contribution in [3.8, 4) is 0 Å². The van der Waals surface area contributed by atoms with E-state index in [1.807, 2.05) is 0 Å². The molecule has 1 aromatic carbocycles. The summed E-state index contributed by atoms with van der Waals surface area (Å²) in [6.45, 7) is -0.102. The third-order valence-corrected chi connectivity index (χ3v) is 2.57. The van der Waals surface area contributed by atoms with Crippen LogP contribution in [0.2, 0.25) is 0 Å². The normalized spacial score (nSPS) is 10.4. The topological polar surface area (TPSA) is 96.6 Å². The number of amides is 1. The van der Waals surface area contributed by atoms with Gasteiger partial charge in [-0.15, -0.1) is 0 Å². The second kappa shape index (κ2) is 5.52. The van der Waals surface area contributed by atoms with Crippen molar-refractivity contribution in [1.82, 2.24) is 5.32 Å². The first-order valence-electron chi connectivity index (χ1n) is 5.71. The number of hydrogen-bond acceptors (Lipinski definition) is 4. The number of carbonyl (C=O) groups is 2. The van der Waals surface area contributed by atoms with Gasteiger partial charge < -0.3 is 14.8 Å². The van der Waals surface area contributed by atoms with E-state index < -0.39 is 23.3 Å².